The first kappa shape index (κ1) is 38.1. The van der Waals surface area contributed by atoms with E-state index >= 15 is 0 Å². The van der Waals surface area contributed by atoms with Gasteiger partial charge in [0.25, 0.3) is 14.1 Å². The lowest BCUT2D eigenvalue weighted by Gasteiger charge is -2.39. The van der Waals surface area contributed by atoms with E-state index in [1.165, 1.54) is 10.8 Å². The lowest BCUT2D eigenvalue weighted by molar-refractivity contribution is -0.0197. The lowest BCUT2D eigenvalue weighted by atomic mass is 9.77. The molecule has 0 radical (unpaired) electrons. The van der Waals surface area contributed by atoms with Gasteiger partial charge in [0.15, 0.2) is 0 Å². The minimum absolute atomic E-state index is 0.0937. The predicted molar refractivity (Wildman–Crippen MR) is 198 cm³/mol. The highest BCUT2D eigenvalue weighted by atomic mass is 31.2. The number of nitrogens with one attached hydrogen (secondary N) is 2. The third-order valence-corrected chi connectivity index (χ3v) is 11.2. The zero-order valence-electron chi connectivity index (χ0n) is 30.1. The molecule has 0 saturated carbocycles. The second-order valence-corrected chi connectivity index (χ2v) is 14.5. The summed E-state index contributed by atoms with van der Waals surface area (Å²) in [7, 11) is 0.0296. The number of methoxy groups -OCH3 is 1. The van der Waals surface area contributed by atoms with Crippen molar-refractivity contribution in [3.05, 3.63) is 134 Å². The van der Waals surface area contributed by atoms with Crippen LogP contribution in [-0.2, 0) is 19.3 Å². The molecule has 1 saturated heterocycles. The summed E-state index contributed by atoms with van der Waals surface area (Å²) in [6.07, 6.45) is 0.311. The molecule has 0 bridgehead atoms. The third kappa shape index (κ3) is 8.67. The van der Waals surface area contributed by atoms with Gasteiger partial charge in [0.05, 0.1) is 44.0 Å². The largest absolute Gasteiger partial charge is 0.497 e. The average molecular weight is 714 g/mol. The molecule has 1 aromatic heterocycles. The number of rotatable bonds is 16. The second-order valence-electron chi connectivity index (χ2n) is 13.1. The Morgan fingerprint density at radius 1 is 0.980 bits per heavy atom. The van der Waals surface area contributed by atoms with Crippen LogP contribution < -0.4 is 21.3 Å². The Hall–Kier alpha value is -4.14. The first-order valence-corrected chi connectivity index (χ1v) is 18.4. The van der Waals surface area contributed by atoms with Crippen LogP contribution in [0.2, 0.25) is 0 Å². The Labute approximate surface area is 301 Å². The smallest absolute Gasteiger partial charge is 0.330 e. The van der Waals surface area contributed by atoms with E-state index in [0.29, 0.717) is 18.5 Å². The first-order valence-electron chi connectivity index (χ1n) is 17.3. The van der Waals surface area contributed by atoms with Crippen LogP contribution in [0.3, 0.4) is 0 Å². The molecule has 1 unspecified atom stereocenters. The van der Waals surface area contributed by atoms with Crippen LogP contribution in [-0.4, -0.2) is 58.8 Å². The van der Waals surface area contributed by atoms with E-state index in [1.54, 1.807) is 14.0 Å². The predicted octanol–water partition coefficient (Wildman–Crippen LogP) is 6.38. The van der Waals surface area contributed by atoms with E-state index in [0.717, 1.165) is 22.4 Å². The van der Waals surface area contributed by atoms with Gasteiger partial charge in [-0.25, -0.2) is 9.46 Å². The van der Waals surface area contributed by atoms with Crippen molar-refractivity contribution < 1.29 is 18.5 Å². The van der Waals surface area contributed by atoms with Crippen LogP contribution >= 0.6 is 8.53 Å². The Kier molecular flexibility index (Phi) is 13.0. The zero-order valence-corrected chi connectivity index (χ0v) is 31.0. The Balaban J connectivity index is 1.58. The van der Waals surface area contributed by atoms with Gasteiger partial charge in [-0.2, -0.15) is 5.26 Å². The van der Waals surface area contributed by atoms with E-state index in [1.807, 2.05) is 48.5 Å². The number of H-pyrrole nitrogens is 1. The van der Waals surface area contributed by atoms with Crippen molar-refractivity contribution >= 4 is 8.53 Å². The van der Waals surface area contributed by atoms with Crippen molar-refractivity contribution in [3.8, 4) is 11.8 Å². The van der Waals surface area contributed by atoms with E-state index in [9.17, 15) is 14.9 Å². The summed E-state index contributed by atoms with van der Waals surface area (Å²) < 4.78 is 29.0. The molecular weight excluding hydrogens is 665 g/mol. The quantitative estimate of drug-likeness (QED) is 0.0772. The molecule has 4 atom stereocenters. The van der Waals surface area contributed by atoms with Gasteiger partial charge in [-0.15, -0.1) is 0 Å². The molecule has 12 heteroatoms. The van der Waals surface area contributed by atoms with Gasteiger partial charge in [0, 0.05) is 36.8 Å². The van der Waals surface area contributed by atoms with E-state index < -0.39 is 43.7 Å². The summed E-state index contributed by atoms with van der Waals surface area (Å²) in [6.45, 7) is 10.6. The van der Waals surface area contributed by atoms with Crippen LogP contribution in [0.15, 0.2) is 101 Å². The van der Waals surface area contributed by atoms with E-state index in [4.69, 9.17) is 18.5 Å². The molecule has 1 fully saturated rings. The molecule has 5 rings (SSSR count). The summed E-state index contributed by atoms with van der Waals surface area (Å²) >= 11 is 0. The summed E-state index contributed by atoms with van der Waals surface area (Å²) in [6, 6.07) is 30.9. The minimum Gasteiger partial charge on any atom is -0.497 e. The second kappa shape index (κ2) is 17.4. The van der Waals surface area contributed by atoms with Crippen molar-refractivity contribution in [2.75, 3.05) is 20.3 Å². The van der Waals surface area contributed by atoms with Crippen molar-refractivity contribution in [3.63, 3.8) is 0 Å². The molecule has 11 nitrogen and oxygen atoms in total. The maximum Gasteiger partial charge on any atom is 0.330 e. The summed E-state index contributed by atoms with van der Waals surface area (Å²) in [5, 5.41) is 13.2. The standard InChI is InChI=1S/C39H48N5O6P/c1-27(2)44(28(3)4)51(48-23-13-22-40)50-34-24-36(43-26-29(5)37(45)42-38(43)46)49-35(34)25-41-39(30-14-9-7-10-15-30,31-16-11-8-12-17-31)32-18-20-33(47-6)21-19-32/h7-12,14-21,26-28,34-36,41H,13,23-25H2,1-6H3,(H,42,45,46)/t34-,35-,36-,51?/m1/s1. The molecule has 1 aliphatic rings. The maximum atomic E-state index is 13.1. The van der Waals surface area contributed by atoms with Gasteiger partial charge < -0.3 is 18.5 Å². The molecule has 0 spiro atoms. The number of nitrogens with zero attached hydrogens (tertiary/aromatic N) is 3. The lowest BCUT2D eigenvalue weighted by Crippen LogP contribution is -2.49. The molecule has 270 valence electrons. The zero-order chi connectivity index (χ0) is 36.5. The van der Waals surface area contributed by atoms with E-state index in [-0.39, 0.29) is 25.1 Å². The van der Waals surface area contributed by atoms with Gasteiger partial charge >= 0.3 is 5.69 Å². The number of aromatic amines is 1. The topological polar surface area (TPSA) is 131 Å². The van der Waals surface area contributed by atoms with Gasteiger partial charge in [-0.1, -0.05) is 72.8 Å². The Bertz CT molecular complexity index is 1810. The maximum absolute atomic E-state index is 13.1. The number of aryl methyl sites for hydroxylation is 1. The fraction of sp³-hybridized carbons (Fsp3) is 0.410. The number of hydrogen-bond acceptors (Lipinski definition) is 9. The highest BCUT2D eigenvalue weighted by Crippen LogP contribution is 2.50. The van der Waals surface area contributed by atoms with Crippen LogP contribution in [0.5, 0.6) is 5.75 Å². The highest BCUT2D eigenvalue weighted by molar-refractivity contribution is 7.44. The van der Waals surface area contributed by atoms with Gasteiger partial charge in [-0.3, -0.25) is 19.7 Å². The average Bonchev–Trinajstić information content (AvgIpc) is 3.53. The minimum atomic E-state index is -1.62. The molecule has 1 aliphatic heterocycles. The fourth-order valence-electron chi connectivity index (χ4n) is 6.65. The summed E-state index contributed by atoms with van der Waals surface area (Å²) in [4.78, 5) is 27.8. The van der Waals surface area contributed by atoms with Crippen LogP contribution in [0.25, 0.3) is 0 Å². The van der Waals surface area contributed by atoms with Crippen LogP contribution in [0.1, 0.15) is 69.0 Å². The van der Waals surface area contributed by atoms with Crippen molar-refractivity contribution in [2.45, 2.75) is 83.5 Å². The van der Waals surface area contributed by atoms with E-state index in [2.05, 4.69) is 85.1 Å². The van der Waals surface area contributed by atoms with Crippen LogP contribution in [0.4, 0.5) is 0 Å². The third-order valence-electron chi connectivity index (χ3n) is 9.03. The Morgan fingerprint density at radius 2 is 1.57 bits per heavy atom. The van der Waals surface area contributed by atoms with Gasteiger partial charge in [0.2, 0.25) is 0 Å². The summed E-state index contributed by atoms with van der Waals surface area (Å²) in [5.74, 6) is 0.746. The number of aromatic nitrogens is 2. The molecule has 2 heterocycles. The van der Waals surface area contributed by atoms with Gasteiger partial charge in [-0.05, 0) is 63.4 Å². The molecular formula is C39H48N5O6P. The SMILES string of the molecule is COc1ccc(C(NC[C@H]2O[C@@H](n3cc(C)c(=O)[nH]c3=O)C[C@H]2OP(OCCC#N)N(C(C)C)C(C)C)(c2ccccc2)c2ccccc2)cc1. The number of benzene rings is 3. The fourth-order valence-corrected chi connectivity index (χ4v) is 8.41. The summed E-state index contributed by atoms with van der Waals surface area (Å²) in [5.41, 5.74) is 1.63. The molecule has 4 aromatic rings. The normalized spacial score (nSPS) is 18.3. The molecule has 0 amide bonds. The molecule has 51 heavy (non-hydrogen) atoms. The van der Waals surface area contributed by atoms with Gasteiger partial charge in [0.1, 0.15) is 12.0 Å². The Morgan fingerprint density at radius 3 is 2.12 bits per heavy atom. The molecule has 0 aliphatic carbocycles. The highest BCUT2D eigenvalue weighted by Gasteiger charge is 2.44. The number of hydrogen-bond donors (Lipinski definition) is 2. The number of ether oxygens (including phenoxy) is 2. The number of nitriles is 1. The van der Waals surface area contributed by atoms with Crippen molar-refractivity contribution in [1.82, 2.24) is 19.5 Å². The molecule has 3 aromatic carbocycles. The molecule has 2 N–H and O–H groups in total. The van der Waals surface area contributed by atoms with Crippen molar-refractivity contribution in [1.29, 1.82) is 5.26 Å². The van der Waals surface area contributed by atoms with Crippen LogP contribution in [0, 0.1) is 18.3 Å². The monoisotopic (exact) mass is 713 g/mol. The first-order chi connectivity index (χ1) is 24.6. The van der Waals surface area contributed by atoms with Crippen molar-refractivity contribution in [2.24, 2.45) is 0 Å².